The minimum absolute atomic E-state index is 0.266. The average molecular weight is 345 g/mol. The predicted octanol–water partition coefficient (Wildman–Crippen LogP) is 2.88. The Labute approximate surface area is 145 Å². The van der Waals surface area contributed by atoms with E-state index < -0.39 is 23.2 Å². The van der Waals surface area contributed by atoms with Crippen LogP contribution < -0.4 is 10.1 Å². The summed E-state index contributed by atoms with van der Waals surface area (Å²) in [4.78, 5) is 23.8. The van der Waals surface area contributed by atoms with Crippen LogP contribution in [0, 0.1) is 5.82 Å². The average Bonchev–Trinajstić information content (AvgIpc) is 2.60. The molecular weight excluding hydrogens is 325 g/mol. The molecule has 0 heterocycles. The number of carboxylic acid groups (broad SMARTS) is 1. The normalized spacial score (nSPS) is 12.9. The summed E-state index contributed by atoms with van der Waals surface area (Å²) >= 11 is 0. The number of halogens is 1. The van der Waals surface area contributed by atoms with Crippen molar-refractivity contribution in [2.75, 3.05) is 6.61 Å². The van der Waals surface area contributed by atoms with E-state index in [4.69, 9.17) is 4.74 Å². The van der Waals surface area contributed by atoms with Crippen molar-refractivity contribution in [2.45, 2.75) is 25.8 Å². The Balaban J connectivity index is 2.04. The molecule has 1 amide bonds. The summed E-state index contributed by atoms with van der Waals surface area (Å²) in [6, 6.07) is 12.2. The first-order valence-corrected chi connectivity index (χ1v) is 7.87. The molecule has 132 valence electrons. The largest absolute Gasteiger partial charge is 0.484 e. The van der Waals surface area contributed by atoms with Gasteiger partial charge in [-0.3, -0.25) is 4.79 Å². The van der Waals surface area contributed by atoms with E-state index in [2.05, 4.69) is 5.32 Å². The fraction of sp³-hybridized carbons (Fsp3) is 0.263. The van der Waals surface area contributed by atoms with Crippen LogP contribution in [0.3, 0.4) is 0 Å². The van der Waals surface area contributed by atoms with Gasteiger partial charge in [0.25, 0.3) is 5.91 Å². The van der Waals surface area contributed by atoms with Crippen molar-refractivity contribution in [1.29, 1.82) is 0 Å². The summed E-state index contributed by atoms with van der Waals surface area (Å²) < 4.78 is 18.4. The van der Waals surface area contributed by atoms with Crippen LogP contribution in [0.4, 0.5) is 4.39 Å². The standard InChI is InChI=1S/C19H20FNO4/c1-3-13-4-10-16(11-5-13)25-12-17(22)21-19(2,18(23)24)14-6-8-15(20)9-7-14/h4-11H,3,12H2,1-2H3,(H,21,22)(H,23,24). The van der Waals surface area contributed by atoms with E-state index >= 15 is 0 Å². The van der Waals surface area contributed by atoms with Gasteiger partial charge >= 0.3 is 5.97 Å². The highest BCUT2D eigenvalue weighted by atomic mass is 19.1. The molecule has 2 N–H and O–H groups in total. The molecule has 0 aliphatic heterocycles. The number of aliphatic carboxylic acids is 1. The molecule has 2 aromatic carbocycles. The molecular formula is C19H20FNO4. The number of hydrogen-bond donors (Lipinski definition) is 2. The van der Waals surface area contributed by atoms with Crippen molar-refractivity contribution in [1.82, 2.24) is 5.32 Å². The molecule has 0 spiro atoms. The van der Waals surface area contributed by atoms with Gasteiger partial charge in [0.15, 0.2) is 12.1 Å². The van der Waals surface area contributed by atoms with Crippen LogP contribution in [-0.2, 0) is 21.5 Å². The lowest BCUT2D eigenvalue weighted by atomic mass is 9.92. The highest BCUT2D eigenvalue weighted by Crippen LogP contribution is 2.21. The van der Waals surface area contributed by atoms with Gasteiger partial charge in [-0.15, -0.1) is 0 Å². The highest BCUT2D eigenvalue weighted by molar-refractivity contribution is 5.88. The van der Waals surface area contributed by atoms with Gasteiger partial charge in [0.1, 0.15) is 11.6 Å². The first-order valence-electron chi connectivity index (χ1n) is 7.87. The quantitative estimate of drug-likeness (QED) is 0.809. The van der Waals surface area contributed by atoms with Crippen LogP contribution >= 0.6 is 0 Å². The summed E-state index contributed by atoms with van der Waals surface area (Å²) in [7, 11) is 0. The van der Waals surface area contributed by atoms with Crippen molar-refractivity contribution in [3.8, 4) is 5.75 Å². The Morgan fingerprint density at radius 2 is 1.72 bits per heavy atom. The third-order valence-corrected chi connectivity index (χ3v) is 3.94. The number of hydrogen-bond acceptors (Lipinski definition) is 3. The predicted molar refractivity (Wildman–Crippen MR) is 90.8 cm³/mol. The number of carboxylic acids is 1. The molecule has 0 saturated carbocycles. The fourth-order valence-corrected chi connectivity index (χ4v) is 2.32. The Morgan fingerprint density at radius 1 is 1.12 bits per heavy atom. The van der Waals surface area contributed by atoms with E-state index in [1.807, 2.05) is 19.1 Å². The number of carbonyl (C=O) groups is 2. The van der Waals surface area contributed by atoms with Crippen LogP contribution in [-0.4, -0.2) is 23.6 Å². The minimum atomic E-state index is -1.68. The van der Waals surface area contributed by atoms with E-state index in [1.54, 1.807) is 12.1 Å². The Bertz CT molecular complexity index is 743. The topological polar surface area (TPSA) is 75.6 Å². The maximum Gasteiger partial charge on any atom is 0.333 e. The van der Waals surface area contributed by atoms with Gasteiger partial charge in [0, 0.05) is 0 Å². The summed E-state index contributed by atoms with van der Waals surface area (Å²) in [5.41, 5.74) is -0.270. The molecule has 0 saturated heterocycles. The van der Waals surface area contributed by atoms with Crippen molar-refractivity contribution < 1.29 is 23.8 Å². The lowest BCUT2D eigenvalue weighted by Crippen LogP contribution is -2.51. The first-order chi connectivity index (χ1) is 11.8. The van der Waals surface area contributed by atoms with Gasteiger partial charge in [-0.1, -0.05) is 31.2 Å². The summed E-state index contributed by atoms with van der Waals surface area (Å²) in [6.45, 7) is 3.05. The number of nitrogens with one attached hydrogen (secondary N) is 1. The van der Waals surface area contributed by atoms with Crippen LogP contribution in [0.2, 0.25) is 0 Å². The zero-order chi connectivity index (χ0) is 18.4. The number of carbonyl (C=O) groups excluding carboxylic acids is 1. The van der Waals surface area contributed by atoms with E-state index in [0.717, 1.165) is 24.1 Å². The molecule has 1 atom stereocenters. The second-order valence-electron chi connectivity index (χ2n) is 5.77. The molecule has 25 heavy (non-hydrogen) atoms. The lowest BCUT2D eigenvalue weighted by Gasteiger charge is -2.26. The van der Waals surface area contributed by atoms with Crippen molar-refractivity contribution in [3.05, 3.63) is 65.5 Å². The zero-order valence-electron chi connectivity index (χ0n) is 14.1. The molecule has 1 unspecified atom stereocenters. The molecule has 0 aromatic heterocycles. The SMILES string of the molecule is CCc1ccc(OCC(=O)NC(C)(C(=O)O)c2ccc(F)cc2)cc1. The highest BCUT2D eigenvalue weighted by Gasteiger charge is 2.37. The Morgan fingerprint density at radius 3 is 2.24 bits per heavy atom. The fourth-order valence-electron chi connectivity index (χ4n) is 2.32. The van der Waals surface area contributed by atoms with Crippen LogP contribution in [0.25, 0.3) is 0 Å². The van der Waals surface area contributed by atoms with Crippen LogP contribution in [0.5, 0.6) is 5.75 Å². The number of amides is 1. The first kappa shape index (κ1) is 18.4. The van der Waals surface area contributed by atoms with Crippen LogP contribution in [0.15, 0.2) is 48.5 Å². The molecule has 0 fully saturated rings. The maximum atomic E-state index is 13.0. The molecule has 0 bridgehead atoms. The molecule has 0 radical (unpaired) electrons. The third kappa shape index (κ3) is 4.56. The van der Waals surface area contributed by atoms with Gasteiger partial charge in [-0.05, 0) is 48.7 Å². The molecule has 2 aromatic rings. The minimum Gasteiger partial charge on any atom is -0.484 e. The molecule has 2 rings (SSSR count). The van der Waals surface area contributed by atoms with Crippen molar-refractivity contribution in [3.63, 3.8) is 0 Å². The van der Waals surface area contributed by atoms with Gasteiger partial charge in [-0.2, -0.15) is 0 Å². The zero-order valence-corrected chi connectivity index (χ0v) is 14.1. The van der Waals surface area contributed by atoms with Gasteiger partial charge < -0.3 is 15.2 Å². The Hall–Kier alpha value is -2.89. The lowest BCUT2D eigenvalue weighted by molar-refractivity contribution is -0.147. The summed E-state index contributed by atoms with van der Waals surface area (Å²) in [5, 5.41) is 11.9. The summed E-state index contributed by atoms with van der Waals surface area (Å²) in [5.74, 6) is -1.80. The van der Waals surface area contributed by atoms with E-state index in [-0.39, 0.29) is 12.2 Å². The van der Waals surface area contributed by atoms with Crippen molar-refractivity contribution >= 4 is 11.9 Å². The number of benzene rings is 2. The maximum absolute atomic E-state index is 13.0. The van der Waals surface area contributed by atoms with E-state index in [0.29, 0.717) is 5.75 Å². The van der Waals surface area contributed by atoms with Gasteiger partial charge in [0.2, 0.25) is 0 Å². The van der Waals surface area contributed by atoms with E-state index in [9.17, 15) is 19.1 Å². The van der Waals surface area contributed by atoms with Gasteiger partial charge in [-0.25, -0.2) is 9.18 Å². The third-order valence-electron chi connectivity index (χ3n) is 3.94. The molecule has 0 aliphatic rings. The van der Waals surface area contributed by atoms with Crippen LogP contribution in [0.1, 0.15) is 25.0 Å². The smallest absolute Gasteiger partial charge is 0.333 e. The molecule has 0 aliphatic carbocycles. The molecule has 5 nitrogen and oxygen atoms in total. The second-order valence-corrected chi connectivity index (χ2v) is 5.77. The van der Waals surface area contributed by atoms with E-state index in [1.165, 1.54) is 19.1 Å². The summed E-state index contributed by atoms with van der Waals surface area (Å²) in [6.07, 6.45) is 0.898. The number of rotatable bonds is 7. The molecule has 6 heteroatoms. The monoisotopic (exact) mass is 345 g/mol. The second kappa shape index (κ2) is 7.79. The number of ether oxygens (including phenoxy) is 1. The van der Waals surface area contributed by atoms with Gasteiger partial charge in [0.05, 0.1) is 0 Å². The number of aryl methyl sites for hydroxylation is 1. The van der Waals surface area contributed by atoms with Crippen molar-refractivity contribution in [2.24, 2.45) is 0 Å². The Kier molecular flexibility index (Phi) is 5.75.